The Morgan fingerprint density at radius 3 is 2.33 bits per heavy atom. The van der Waals surface area contributed by atoms with Gasteiger partial charge in [0.25, 0.3) is 0 Å². The maximum atomic E-state index is 5.85. The summed E-state index contributed by atoms with van der Waals surface area (Å²) < 4.78 is 0. The normalized spacial score (nSPS) is 12.3. The summed E-state index contributed by atoms with van der Waals surface area (Å²) in [7, 11) is 1.97. The van der Waals surface area contributed by atoms with E-state index in [0.717, 1.165) is 12.1 Å². The Balaban J connectivity index is 2.32. The second kappa shape index (κ2) is 5.69. The fourth-order valence-electron chi connectivity index (χ4n) is 2.21. The highest BCUT2D eigenvalue weighted by Crippen LogP contribution is 2.23. The van der Waals surface area contributed by atoms with Crippen molar-refractivity contribution in [2.75, 3.05) is 12.8 Å². The molecule has 0 radical (unpaired) electrons. The van der Waals surface area contributed by atoms with Gasteiger partial charge in [0.2, 0.25) is 0 Å². The summed E-state index contributed by atoms with van der Waals surface area (Å²) in [5, 5.41) is 3.34. The molecule has 18 heavy (non-hydrogen) atoms. The number of aryl methyl sites for hydroxylation is 1. The van der Waals surface area contributed by atoms with Gasteiger partial charge in [-0.25, -0.2) is 0 Å². The highest BCUT2D eigenvalue weighted by Gasteiger charge is 2.11. The molecule has 94 valence electrons. The number of nitrogen functional groups attached to an aromatic ring is 1. The molecule has 2 heteroatoms. The van der Waals surface area contributed by atoms with Gasteiger partial charge in [-0.05, 0) is 42.3 Å². The van der Waals surface area contributed by atoms with Crippen LogP contribution in [0.15, 0.2) is 48.5 Å². The number of nitrogens with two attached hydrogens (primary N) is 1. The van der Waals surface area contributed by atoms with Crippen LogP contribution in [0.3, 0.4) is 0 Å². The molecule has 0 fully saturated rings. The standard InChI is InChI=1S/C16H20N2/c1-3-12-7-9-13(10-8-12)16(18-2)14-5-4-6-15(17)11-14/h4-11,16,18H,3,17H2,1-2H3. The van der Waals surface area contributed by atoms with Crippen LogP contribution in [0.2, 0.25) is 0 Å². The first kappa shape index (κ1) is 12.7. The zero-order chi connectivity index (χ0) is 13.0. The molecule has 0 aliphatic heterocycles. The molecule has 0 aromatic heterocycles. The minimum absolute atomic E-state index is 0.194. The molecule has 2 aromatic rings. The fraction of sp³-hybridized carbons (Fsp3) is 0.250. The molecule has 0 saturated heterocycles. The first-order valence-electron chi connectivity index (χ1n) is 6.36. The number of hydrogen-bond donors (Lipinski definition) is 2. The van der Waals surface area contributed by atoms with E-state index < -0.39 is 0 Å². The summed E-state index contributed by atoms with van der Waals surface area (Å²) in [4.78, 5) is 0. The Morgan fingerprint density at radius 1 is 1.06 bits per heavy atom. The monoisotopic (exact) mass is 240 g/mol. The average Bonchev–Trinajstić information content (AvgIpc) is 2.40. The van der Waals surface area contributed by atoms with Gasteiger partial charge in [-0.1, -0.05) is 43.3 Å². The third kappa shape index (κ3) is 2.71. The fourth-order valence-corrected chi connectivity index (χ4v) is 2.21. The van der Waals surface area contributed by atoms with Crippen LogP contribution in [0.4, 0.5) is 5.69 Å². The van der Waals surface area contributed by atoms with E-state index in [0.29, 0.717) is 0 Å². The average molecular weight is 240 g/mol. The maximum absolute atomic E-state index is 5.85. The molecule has 0 heterocycles. The Bertz CT molecular complexity index is 503. The highest BCUT2D eigenvalue weighted by molar-refractivity contribution is 5.44. The maximum Gasteiger partial charge on any atom is 0.0575 e. The minimum Gasteiger partial charge on any atom is -0.399 e. The molecular weight excluding hydrogens is 220 g/mol. The van der Waals surface area contributed by atoms with Crippen molar-refractivity contribution in [2.45, 2.75) is 19.4 Å². The topological polar surface area (TPSA) is 38.0 Å². The number of rotatable bonds is 4. The van der Waals surface area contributed by atoms with Gasteiger partial charge in [-0.2, -0.15) is 0 Å². The Kier molecular flexibility index (Phi) is 4.00. The number of benzene rings is 2. The van der Waals surface area contributed by atoms with Crippen LogP contribution in [0, 0.1) is 0 Å². The van der Waals surface area contributed by atoms with E-state index in [-0.39, 0.29) is 6.04 Å². The first-order chi connectivity index (χ1) is 8.74. The molecule has 0 amide bonds. The predicted molar refractivity (Wildman–Crippen MR) is 77.6 cm³/mol. The van der Waals surface area contributed by atoms with Gasteiger partial charge in [0.1, 0.15) is 0 Å². The molecule has 1 unspecified atom stereocenters. The molecular formula is C16H20N2. The Morgan fingerprint density at radius 2 is 1.78 bits per heavy atom. The van der Waals surface area contributed by atoms with Crippen molar-refractivity contribution in [3.05, 3.63) is 65.2 Å². The predicted octanol–water partition coefficient (Wildman–Crippen LogP) is 3.14. The van der Waals surface area contributed by atoms with E-state index in [2.05, 4.69) is 42.6 Å². The first-order valence-corrected chi connectivity index (χ1v) is 6.36. The largest absolute Gasteiger partial charge is 0.399 e. The van der Waals surface area contributed by atoms with Crippen molar-refractivity contribution in [2.24, 2.45) is 0 Å². The molecule has 2 nitrogen and oxygen atoms in total. The lowest BCUT2D eigenvalue weighted by Gasteiger charge is -2.18. The molecule has 2 aromatic carbocycles. The van der Waals surface area contributed by atoms with Gasteiger partial charge in [-0.15, -0.1) is 0 Å². The zero-order valence-corrected chi connectivity index (χ0v) is 11.0. The second-order valence-corrected chi connectivity index (χ2v) is 4.49. The summed E-state index contributed by atoms with van der Waals surface area (Å²) >= 11 is 0. The molecule has 0 aliphatic rings. The summed E-state index contributed by atoms with van der Waals surface area (Å²) in [5.41, 5.74) is 10.5. The molecule has 0 saturated carbocycles. The van der Waals surface area contributed by atoms with Crippen molar-refractivity contribution >= 4 is 5.69 Å². The smallest absolute Gasteiger partial charge is 0.0575 e. The van der Waals surface area contributed by atoms with Gasteiger partial charge in [-0.3, -0.25) is 0 Å². The van der Waals surface area contributed by atoms with Crippen molar-refractivity contribution in [3.8, 4) is 0 Å². The Hall–Kier alpha value is -1.80. The van der Waals surface area contributed by atoms with Gasteiger partial charge in [0.05, 0.1) is 6.04 Å². The SMILES string of the molecule is CCc1ccc(C(NC)c2cccc(N)c2)cc1. The van der Waals surface area contributed by atoms with Gasteiger partial charge < -0.3 is 11.1 Å². The molecule has 2 rings (SSSR count). The van der Waals surface area contributed by atoms with Crippen LogP contribution in [0.1, 0.15) is 29.7 Å². The third-order valence-electron chi connectivity index (χ3n) is 3.25. The minimum atomic E-state index is 0.194. The van der Waals surface area contributed by atoms with E-state index >= 15 is 0 Å². The van der Waals surface area contributed by atoms with E-state index in [4.69, 9.17) is 5.73 Å². The van der Waals surface area contributed by atoms with Crippen LogP contribution in [-0.2, 0) is 6.42 Å². The third-order valence-corrected chi connectivity index (χ3v) is 3.25. The molecule has 1 atom stereocenters. The lowest BCUT2D eigenvalue weighted by atomic mass is 9.97. The number of anilines is 1. The van der Waals surface area contributed by atoms with Crippen LogP contribution >= 0.6 is 0 Å². The van der Waals surface area contributed by atoms with Crippen molar-refractivity contribution in [1.29, 1.82) is 0 Å². The van der Waals surface area contributed by atoms with E-state index in [1.807, 2.05) is 25.2 Å². The van der Waals surface area contributed by atoms with E-state index in [9.17, 15) is 0 Å². The van der Waals surface area contributed by atoms with Gasteiger partial charge in [0, 0.05) is 5.69 Å². The highest BCUT2D eigenvalue weighted by atomic mass is 14.9. The summed E-state index contributed by atoms with van der Waals surface area (Å²) in [6.45, 7) is 2.17. The summed E-state index contributed by atoms with van der Waals surface area (Å²) in [6.07, 6.45) is 1.07. The Labute approximate surface area is 109 Å². The molecule has 0 aliphatic carbocycles. The molecule has 0 spiro atoms. The van der Waals surface area contributed by atoms with Crippen molar-refractivity contribution in [1.82, 2.24) is 5.32 Å². The second-order valence-electron chi connectivity index (χ2n) is 4.49. The van der Waals surface area contributed by atoms with Crippen molar-refractivity contribution < 1.29 is 0 Å². The van der Waals surface area contributed by atoms with Crippen LogP contribution in [0.25, 0.3) is 0 Å². The molecule has 3 N–H and O–H groups in total. The zero-order valence-electron chi connectivity index (χ0n) is 11.0. The van der Waals surface area contributed by atoms with Crippen molar-refractivity contribution in [3.63, 3.8) is 0 Å². The summed E-state index contributed by atoms with van der Waals surface area (Å²) in [6, 6.07) is 17.0. The lowest BCUT2D eigenvalue weighted by molar-refractivity contribution is 0.692. The van der Waals surface area contributed by atoms with Crippen LogP contribution in [0.5, 0.6) is 0 Å². The van der Waals surface area contributed by atoms with Crippen LogP contribution < -0.4 is 11.1 Å². The quantitative estimate of drug-likeness (QED) is 0.806. The van der Waals surface area contributed by atoms with Crippen LogP contribution in [-0.4, -0.2) is 7.05 Å². The van der Waals surface area contributed by atoms with Gasteiger partial charge in [0.15, 0.2) is 0 Å². The molecule has 0 bridgehead atoms. The van der Waals surface area contributed by atoms with E-state index in [1.54, 1.807) is 0 Å². The number of hydrogen-bond acceptors (Lipinski definition) is 2. The van der Waals surface area contributed by atoms with Gasteiger partial charge >= 0.3 is 0 Å². The summed E-state index contributed by atoms with van der Waals surface area (Å²) in [5.74, 6) is 0. The number of nitrogens with one attached hydrogen (secondary N) is 1. The van der Waals surface area contributed by atoms with E-state index in [1.165, 1.54) is 16.7 Å². The lowest BCUT2D eigenvalue weighted by Crippen LogP contribution is -2.17.